The van der Waals surface area contributed by atoms with Crippen LogP contribution in [-0.2, 0) is 6.54 Å². The van der Waals surface area contributed by atoms with Gasteiger partial charge in [0.25, 0.3) is 0 Å². The largest absolute Gasteiger partial charge is 0.396 e. The average molecular weight is 307 g/mol. The zero-order valence-corrected chi connectivity index (χ0v) is 13.8. The molecule has 1 saturated heterocycles. The summed E-state index contributed by atoms with van der Waals surface area (Å²) in [5, 5.41) is 9.34. The molecule has 0 radical (unpaired) electrons. The van der Waals surface area contributed by atoms with Crippen LogP contribution in [0.5, 0.6) is 0 Å². The van der Waals surface area contributed by atoms with E-state index in [-0.39, 0.29) is 6.61 Å². The van der Waals surface area contributed by atoms with Crippen LogP contribution in [0.1, 0.15) is 32.3 Å². The molecule has 0 unspecified atom stereocenters. The normalized spacial score (nSPS) is 20.6. The molecule has 1 aliphatic rings. The summed E-state index contributed by atoms with van der Waals surface area (Å²) in [7, 11) is 0. The lowest BCUT2D eigenvalue weighted by Crippen LogP contribution is -2.53. The van der Waals surface area contributed by atoms with Gasteiger partial charge in [0, 0.05) is 56.8 Å². The highest BCUT2D eigenvalue weighted by Crippen LogP contribution is 2.17. The van der Waals surface area contributed by atoms with Crippen molar-refractivity contribution in [2.24, 2.45) is 5.92 Å². The van der Waals surface area contributed by atoms with E-state index >= 15 is 0 Å². The van der Waals surface area contributed by atoms with Gasteiger partial charge in [-0.15, -0.1) is 0 Å². The van der Waals surface area contributed by atoms with E-state index in [0.717, 1.165) is 50.6 Å². The minimum absolute atomic E-state index is 0.252. The number of aromatic nitrogens is 2. The molecule has 2 heterocycles. The van der Waals surface area contributed by atoms with E-state index in [9.17, 15) is 5.11 Å². The van der Waals surface area contributed by atoms with E-state index in [4.69, 9.17) is 5.73 Å². The van der Waals surface area contributed by atoms with Crippen LogP contribution in [0.25, 0.3) is 0 Å². The fourth-order valence-corrected chi connectivity index (χ4v) is 2.95. The van der Waals surface area contributed by atoms with Crippen LogP contribution in [0.3, 0.4) is 0 Å². The Balaban J connectivity index is 1.89. The second kappa shape index (κ2) is 8.41. The number of hydrogen-bond donors (Lipinski definition) is 2. The fraction of sp³-hybridized carbons (Fsp3) is 0.750. The molecular formula is C16H29N5O. The van der Waals surface area contributed by atoms with E-state index in [1.165, 1.54) is 6.42 Å². The molecule has 0 bridgehead atoms. The molecule has 6 heteroatoms. The number of hydrogen-bond acceptors (Lipinski definition) is 6. The van der Waals surface area contributed by atoms with Gasteiger partial charge >= 0.3 is 0 Å². The Morgan fingerprint density at radius 2 is 2.05 bits per heavy atom. The molecule has 2 rings (SSSR count). The molecule has 22 heavy (non-hydrogen) atoms. The van der Waals surface area contributed by atoms with Gasteiger partial charge in [-0.05, 0) is 25.3 Å². The van der Waals surface area contributed by atoms with E-state index < -0.39 is 0 Å². The van der Waals surface area contributed by atoms with Crippen molar-refractivity contribution < 1.29 is 5.11 Å². The molecule has 1 aliphatic heterocycles. The quantitative estimate of drug-likeness (QED) is 0.781. The molecule has 0 saturated carbocycles. The lowest BCUT2D eigenvalue weighted by atomic mass is 10.1. The highest BCUT2D eigenvalue weighted by Gasteiger charge is 2.26. The number of piperazine rings is 1. The molecule has 1 aromatic heterocycles. The standard InChI is InChI=1S/C16H29N5O/c1-13(2)3-5-21-7-6-20(12-15(21)4-8-22)11-14-9-18-16(17)19-10-14/h9-10,13,15,22H,3-8,11-12H2,1-2H3,(H2,17,18,19)/t15-/m1/s1. The second-order valence-corrected chi connectivity index (χ2v) is 6.57. The Labute approximate surface area is 133 Å². The highest BCUT2D eigenvalue weighted by molar-refractivity contribution is 5.17. The first-order chi connectivity index (χ1) is 10.6. The lowest BCUT2D eigenvalue weighted by molar-refractivity contribution is 0.0523. The summed E-state index contributed by atoms with van der Waals surface area (Å²) >= 11 is 0. The molecule has 1 fully saturated rings. The van der Waals surface area contributed by atoms with Crippen LogP contribution in [0.15, 0.2) is 12.4 Å². The van der Waals surface area contributed by atoms with Crippen LogP contribution in [0.2, 0.25) is 0 Å². The number of nitrogens with two attached hydrogens (primary N) is 1. The third kappa shape index (κ3) is 5.19. The number of anilines is 1. The van der Waals surface area contributed by atoms with Crippen molar-refractivity contribution in [3.05, 3.63) is 18.0 Å². The molecule has 0 aromatic carbocycles. The van der Waals surface area contributed by atoms with E-state index in [1.807, 2.05) is 0 Å². The summed E-state index contributed by atoms with van der Waals surface area (Å²) < 4.78 is 0. The SMILES string of the molecule is CC(C)CCN1CCN(Cc2cnc(N)nc2)C[C@H]1CCO. The molecule has 0 aliphatic carbocycles. The minimum atomic E-state index is 0.252. The van der Waals surface area contributed by atoms with Crippen LogP contribution in [-0.4, -0.2) is 63.7 Å². The van der Waals surface area contributed by atoms with Gasteiger partial charge in [0.15, 0.2) is 0 Å². The number of nitrogens with zero attached hydrogens (tertiary/aromatic N) is 4. The van der Waals surface area contributed by atoms with E-state index in [0.29, 0.717) is 12.0 Å². The van der Waals surface area contributed by atoms with Gasteiger partial charge in [0.05, 0.1) is 0 Å². The zero-order valence-electron chi connectivity index (χ0n) is 13.8. The fourth-order valence-electron chi connectivity index (χ4n) is 2.95. The third-order valence-corrected chi connectivity index (χ3v) is 4.28. The number of nitrogen functional groups attached to an aromatic ring is 1. The molecular weight excluding hydrogens is 278 g/mol. The first-order valence-corrected chi connectivity index (χ1v) is 8.22. The van der Waals surface area contributed by atoms with Crippen LogP contribution < -0.4 is 5.73 Å². The number of rotatable bonds is 7. The molecule has 0 spiro atoms. The Hall–Kier alpha value is -1.24. The van der Waals surface area contributed by atoms with Crippen molar-refractivity contribution in [1.29, 1.82) is 0 Å². The Kier molecular flexibility index (Phi) is 6.54. The summed E-state index contributed by atoms with van der Waals surface area (Å²) in [4.78, 5) is 13.1. The zero-order chi connectivity index (χ0) is 15.9. The maximum Gasteiger partial charge on any atom is 0.219 e. The third-order valence-electron chi connectivity index (χ3n) is 4.28. The van der Waals surface area contributed by atoms with Gasteiger partial charge in [0.2, 0.25) is 5.95 Å². The molecule has 1 atom stereocenters. The van der Waals surface area contributed by atoms with Crippen molar-refractivity contribution >= 4 is 5.95 Å². The monoisotopic (exact) mass is 307 g/mol. The maximum atomic E-state index is 9.34. The Morgan fingerprint density at radius 1 is 1.32 bits per heavy atom. The predicted octanol–water partition coefficient (Wildman–Crippen LogP) is 0.974. The molecule has 3 N–H and O–H groups in total. The predicted molar refractivity (Wildman–Crippen MR) is 88.2 cm³/mol. The van der Waals surface area contributed by atoms with Crippen molar-refractivity contribution in [3.8, 4) is 0 Å². The van der Waals surface area contributed by atoms with Crippen LogP contribution >= 0.6 is 0 Å². The first-order valence-electron chi connectivity index (χ1n) is 8.22. The van der Waals surface area contributed by atoms with Gasteiger partial charge in [-0.3, -0.25) is 9.80 Å². The van der Waals surface area contributed by atoms with Crippen molar-refractivity contribution in [3.63, 3.8) is 0 Å². The van der Waals surface area contributed by atoms with Gasteiger partial charge in [-0.2, -0.15) is 0 Å². The van der Waals surface area contributed by atoms with Crippen molar-refractivity contribution in [2.45, 2.75) is 39.3 Å². The summed E-state index contributed by atoms with van der Waals surface area (Å²) in [5.74, 6) is 1.04. The highest BCUT2D eigenvalue weighted by atomic mass is 16.3. The summed E-state index contributed by atoms with van der Waals surface area (Å²) in [6.45, 7) is 9.85. The average Bonchev–Trinajstić information content (AvgIpc) is 2.49. The molecule has 1 aromatic rings. The molecule has 0 amide bonds. The summed E-state index contributed by atoms with van der Waals surface area (Å²) in [6, 6.07) is 0.437. The van der Waals surface area contributed by atoms with Crippen LogP contribution in [0, 0.1) is 5.92 Å². The lowest BCUT2D eigenvalue weighted by Gasteiger charge is -2.41. The first kappa shape index (κ1) is 17.1. The summed E-state index contributed by atoms with van der Waals surface area (Å²) in [6.07, 6.45) is 5.66. The van der Waals surface area contributed by atoms with Gasteiger partial charge in [-0.1, -0.05) is 13.8 Å². The van der Waals surface area contributed by atoms with Crippen molar-refractivity contribution in [1.82, 2.24) is 19.8 Å². The van der Waals surface area contributed by atoms with Gasteiger partial charge in [-0.25, -0.2) is 9.97 Å². The minimum Gasteiger partial charge on any atom is -0.396 e. The van der Waals surface area contributed by atoms with E-state index in [2.05, 4.69) is 33.6 Å². The van der Waals surface area contributed by atoms with Gasteiger partial charge in [0.1, 0.15) is 0 Å². The number of aliphatic hydroxyl groups excluding tert-OH is 1. The van der Waals surface area contributed by atoms with Gasteiger partial charge < -0.3 is 10.8 Å². The Morgan fingerprint density at radius 3 is 2.68 bits per heavy atom. The van der Waals surface area contributed by atoms with E-state index in [1.54, 1.807) is 12.4 Å². The van der Waals surface area contributed by atoms with Crippen molar-refractivity contribution in [2.75, 3.05) is 38.5 Å². The second-order valence-electron chi connectivity index (χ2n) is 6.57. The molecule has 6 nitrogen and oxygen atoms in total. The van der Waals surface area contributed by atoms with Crippen LogP contribution in [0.4, 0.5) is 5.95 Å². The summed E-state index contributed by atoms with van der Waals surface area (Å²) in [5.41, 5.74) is 6.62. The maximum absolute atomic E-state index is 9.34. The smallest absolute Gasteiger partial charge is 0.219 e. The molecule has 124 valence electrons. The number of aliphatic hydroxyl groups is 1. The Bertz CT molecular complexity index is 437. The topological polar surface area (TPSA) is 78.5 Å².